The van der Waals surface area contributed by atoms with E-state index >= 15 is 0 Å². The van der Waals surface area contributed by atoms with Crippen molar-refractivity contribution in [3.63, 3.8) is 0 Å². The Morgan fingerprint density at radius 2 is 1.85 bits per heavy atom. The van der Waals surface area contributed by atoms with Crippen LogP contribution in [0.1, 0.15) is 22.5 Å². The average Bonchev–Trinajstić information content (AvgIpc) is 3.18. The zero-order chi connectivity index (χ0) is 24.1. The summed E-state index contributed by atoms with van der Waals surface area (Å²) < 4.78 is 8.04. The standard InChI is InChI=1S/C27H28N4O2S/c1-5-12-31-25(16-33-24-11-10-21-8-6-7-9-23(21)20(24)4)29-30-27(31)34-17-26(32)28-22-14-18(2)13-19(3)15-22/h5-11,13-15H,1,12,16-17H2,2-4H3,(H,28,32). The summed E-state index contributed by atoms with van der Waals surface area (Å²) in [6, 6.07) is 18.3. The van der Waals surface area contributed by atoms with Crippen molar-refractivity contribution < 1.29 is 9.53 Å². The van der Waals surface area contributed by atoms with Gasteiger partial charge in [0.25, 0.3) is 0 Å². The minimum absolute atomic E-state index is 0.0901. The minimum Gasteiger partial charge on any atom is -0.485 e. The Bertz CT molecular complexity index is 1330. The second-order valence-electron chi connectivity index (χ2n) is 8.21. The number of allylic oxidation sites excluding steroid dienone is 1. The van der Waals surface area contributed by atoms with Crippen LogP contribution in [0.3, 0.4) is 0 Å². The number of rotatable bonds is 9. The summed E-state index contributed by atoms with van der Waals surface area (Å²) in [5.41, 5.74) is 4.11. The van der Waals surface area contributed by atoms with E-state index in [1.165, 1.54) is 22.5 Å². The Hall–Kier alpha value is -3.58. The van der Waals surface area contributed by atoms with E-state index in [-0.39, 0.29) is 18.3 Å². The van der Waals surface area contributed by atoms with E-state index in [2.05, 4.69) is 53.3 Å². The first kappa shape index (κ1) is 23.6. The van der Waals surface area contributed by atoms with Crippen molar-refractivity contribution in [1.29, 1.82) is 0 Å². The molecule has 4 aromatic rings. The zero-order valence-corrected chi connectivity index (χ0v) is 20.5. The van der Waals surface area contributed by atoms with Crippen LogP contribution in [-0.2, 0) is 17.9 Å². The zero-order valence-electron chi connectivity index (χ0n) is 19.7. The van der Waals surface area contributed by atoms with E-state index in [0.717, 1.165) is 28.1 Å². The van der Waals surface area contributed by atoms with Crippen molar-refractivity contribution in [2.24, 2.45) is 0 Å². The Kier molecular flexibility index (Phi) is 7.33. The highest BCUT2D eigenvalue weighted by Crippen LogP contribution is 2.28. The smallest absolute Gasteiger partial charge is 0.234 e. The van der Waals surface area contributed by atoms with Crippen molar-refractivity contribution >= 4 is 34.1 Å². The molecule has 1 amide bonds. The van der Waals surface area contributed by atoms with Gasteiger partial charge in [0.15, 0.2) is 11.0 Å². The van der Waals surface area contributed by atoms with Gasteiger partial charge in [-0.1, -0.05) is 54.2 Å². The maximum Gasteiger partial charge on any atom is 0.234 e. The normalized spacial score (nSPS) is 10.9. The second kappa shape index (κ2) is 10.6. The van der Waals surface area contributed by atoms with Gasteiger partial charge in [0.2, 0.25) is 5.91 Å². The molecule has 0 radical (unpaired) electrons. The number of thioether (sulfide) groups is 1. The molecule has 3 aromatic carbocycles. The van der Waals surface area contributed by atoms with Crippen LogP contribution in [0.2, 0.25) is 0 Å². The molecule has 1 N–H and O–H groups in total. The molecular formula is C27H28N4O2S. The van der Waals surface area contributed by atoms with Crippen molar-refractivity contribution in [1.82, 2.24) is 14.8 Å². The highest BCUT2D eigenvalue weighted by atomic mass is 32.2. The monoisotopic (exact) mass is 472 g/mol. The van der Waals surface area contributed by atoms with Crippen molar-refractivity contribution in [2.75, 3.05) is 11.1 Å². The molecule has 0 bridgehead atoms. The van der Waals surface area contributed by atoms with Gasteiger partial charge in [0.1, 0.15) is 12.4 Å². The Morgan fingerprint density at radius 3 is 2.62 bits per heavy atom. The third-order valence-electron chi connectivity index (χ3n) is 5.45. The highest BCUT2D eigenvalue weighted by Gasteiger charge is 2.15. The lowest BCUT2D eigenvalue weighted by Gasteiger charge is -2.12. The summed E-state index contributed by atoms with van der Waals surface area (Å²) >= 11 is 1.34. The van der Waals surface area contributed by atoms with Gasteiger partial charge in [0, 0.05) is 12.2 Å². The van der Waals surface area contributed by atoms with Crippen LogP contribution in [0.15, 0.2) is 72.4 Å². The molecule has 0 atom stereocenters. The second-order valence-corrected chi connectivity index (χ2v) is 9.15. The summed E-state index contributed by atoms with van der Waals surface area (Å²) in [6.45, 7) is 10.7. The van der Waals surface area contributed by atoms with Crippen LogP contribution in [0, 0.1) is 20.8 Å². The molecule has 0 saturated carbocycles. The van der Waals surface area contributed by atoms with E-state index in [4.69, 9.17) is 4.74 Å². The molecule has 0 aliphatic carbocycles. The molecule has 0 aliphatic heterocycles. The number of nitrogens with zero attached hydrogens (tertiary/aromatic N) is 3. The quantitative estimate of drug-likeness (QED) is 0.244. The van der Waals surface area contributed by atoms with Gasteiger partial charge in [0.05, 0.1) is 5.75 Å². The number of aryl methyl sites for hydroxylation is 3. The lowest BCUT2D eigenvalue weighted by Crippen LogP contribution is -2.15. The SMILES string of the molecule is C=CCn1c(COc2ccc3ccccc3c2C)nnc1SCC(=O)Nc1cc(C)cc(C)c1. The van der Waals surface area contributed by atoms with Gasteiger partial charge < -0.3 is 10.1 Å². The number of benzene rings is 3. The Morgan fingerprint density at radius 1 is 1.09 bits per heavy atom. The number of carbonyl (C=O) groups excluding carboxylic acids is 1. The highest BCUT2D eigenvalue weighted by molar-refractivity contribution is 7.99. The van der Waals surface area contributed by atoms with Crippen LogP contribution in [0.5, 0.6) is 5.75 Å². The predicted octanol–water partition coefficient (Wildman–Crippen LogP) is 5.85. The third-order valence-corrected chi connectivity index (χ3v) is 6.42. The minimum atomic E-state index is -0.0901. The lowest BCUT2D eigenvalue weighted by atomic mass is 10.0. The molecule has 0 aliphatic rings. The summed E-state index contributed by atoms with van der Waals surface area (Å²) in [6.07, 6.45) is 1.79. The van der Waals surface area contributed by atoms with Crippen LogP contribution in [0.4, 0.5) is 5.69 Å². The number of ether oxygens (including phenoxy) is 1. The maximum atomic E-state index is 12.5. The number of aromatic nitrogens is 3. The molecule has 0 fully saturated rings. The molecule has 0 spiro atoms. The summed E-state index contributed by atoms with van der Waals surface area (Å²) in [7, 11) is 0. The Labute approximate surface area is 204 Å². The van der Waals surface area contributed by atoms with Crippen molar-refractivity contribution in [3.05, 3.63) is 89.8 Å². The molecule has 174 valence electrons. The van der Waals surface area contributed by atoms with Gasteiger partial charge in [-0.15, -0.1) is 16.8 Å². The van der Waals surface area contributed by atoms with Crippen LogP contribution >= 0.6 is 11.8 Å². The van der Waals surface area contributed by atoms with E-state index in [0.29, 0.717) is 17.5 Å². The molecule has 6 nitrogen and oxygen atoms in total. The van der Waals surface area contributed by atoms with Gasteiger partial charge >= 0.3 is 0 Å². The topological polar surface area (TPSA) is 69.0 Å². The largest absolute Gasteiger partial charge is 0.485 e. The number of anilines is 1. The summed E-state index contributed by atoms with van der Waals surface area (Å²) in [4.78, 5) is 12.5. The van der Waals surface area contributed by atoms with Crippen LogP contribution < -0.4 is 10.1 Å². The molecule has 7 heteroatoms. The molecule has 0 saturated heterocycles. The fourth-order valence-corrected chi connectivity index (χ4v) is 4.69. The first-order chi connectivity index (χ1) is 16.4. The lowest BCUT2D eigenvalue weighted by molar-refractivity contribution is -0.113. The fraction of sp³-hybridized carbons (Fsp3) is 0.222. The molecule has 4 rings (SSSR count). The Balaban J connectivity index is 1.43. The molecule has 34 heavy (non-hydrogen) atoms. The van der Waals surface area contributed by atoms with Crippen LogP contribution in [0.25, 0.3) is 10.8 Å². The number of fused-ring (bicyclic) bond motifs is 1. The summed E-state index contributed by atoms with van der Waals surface area (Å²) in [5.74, 6) is 1.64. The first-order valence-electron chi connectivity index (χ1n) is 11.1. The van der Waals surface area contributed by atoms with Crippen LogP contribution in [-0.4, -0.2) is 26.4 Å². The van der Waals surface area contributed by atoms with E-state index in [1.807, 2.05) is 48.7 Å². The van der Waals surface area contributed by atoms with Crippen molar-refractivity contribution in [3.8, 4) is 5.75 Å². The average molecular weight is 473 g/mol. The number of hydrogen-bond acceptors (Lipinski definition) is 5. The van der Waals surface area contributed by atoms with E-state index < -0.39 is 0 Å². The van der Waals surface area contributed by atoms with E-state index in [9.17, 15) is 4.79 Å². The third kappa shape index (κ3) is 5.48. The first-order valence-corrected chi connectivity index (χ1v) is 12.1. The number of carbonyl (C=O) groups is 1. The number of amides is 1. The molecule has 1 heterocycles. The predicted molar refractivity (Wildman–Crippen MR) is 139 cm³/mol. The van der Waals surface area contributed by atoms with Crippen molar-refractivity contribution in [2.45, 2.75) is 39.1 Å². The van der Waals surface area contributed by atoms with Gasteiger partial charge in [-0.2, -0.15) is 0 Å². The number of hydrogen-bond donors (Lipinski definition) is 1. The molecular weight excluding hydrogens is 444 g/mol. The summed E-state index contributed by atoms with van der Waals surface area (Å²) in [5, 5.41) is 14.6. The van der Waals surface area contributed by atoms with E-state index in [1.54, 1.807) is 6.08 Å². The molecule has 1 aromatic heterocycles. The number of nitrogens with one attached hydrogen (secondary N) is 1. The maximum absolute atomic E-state index is 12.5. The fourth-order valence-electron chi connectivity index (χ4n) is 3.92. The van der Waals surface area contributed by atoms with Gasteiger partial charge in [-0.25, -0.2) is 0 Å². The van der Waals surface area contributed by atoms with Gasteiger partial charge in [-0.05, 0) is 66.4 Å². The molecule has 0 unspecified atom stereocenters. The van der Waals surface area contributed by atoms with Gasteiger partial charge in [-0.3, -0.25) is 9.36 Å².